The topological polar surface area (TPSA) is 177 Å². The first-order valence-corrected chi connectivity index (χ1v) is 12.5. The first-order chi connectivity index (χ1) is 16.3. The third kappa shape index (κ3) is 5.44. The number of oxime groups is 1. The van der Waals surface area contributed by atoms with E-state index < -0.39 is 29.2 Å². The maximum absolute atomic E-state index is 12.8. The number of carbonyl (C=O) groups is 4. The Kier molecular flexibility index (Phi) is 8.73. The van der Waals surface area contributed by atoms with Crippen molar-refractivity contribution in [1.29, 1.82) is 0 Å². The van der Waals surface area contributed by atoms with Crippen molar-refractivity contribution in [2.45, 2.75) is 11.4 Å². The Hall–Kier alpha value is -2.70. The fourth-order valence-electron chi connectivity index (χ4n) is 3.31. The van der Waals surface area contributed by atoms with Crippen LogP contribution in [0.4, 0.5) is 5.13 Å². The van der Waals surface area contributed by atoms with Gasteiger partial charge in [-0.2, -0.15) is 0 Å². The number of carbonyl (C=O) groups excluding carboxylic acids is 3. The Morgan fingerprint density at radius 2 is 2.23 bits per heavy atom. The molecule has 4 rings (SSSR count). The number of nitrogens with zero attached hydrogens (tertiary/aromatic N) is 3. The number of aliphatic carboxylic acids is 1. The molecule has 0 radical (unpaired) electrons. The Morgan fingerprint density at radius 1 is 1.46 bits per heavy atom. The molecular weight excluding hydrogens is 513 g/mol. The molecule has 0 unspecified atom stereocenters. The van der Waals surface area contributed by atoms with E-state index in [0.29, 0.717) is 5.57 Å². The van der Waals surface area contributed by atoms with Crippen molar-refractivity contribution in [2.24, 2.45) is 5.16 Å². The number of carboxylic acids is 1. The predicted octanol–water partition coefficient (Wildman–Crippen LogP) is 0.332. The van der Waals surface area contributed by atoms with Crippen LogP contribution in [0.3, 0.4) is 0 Å². The van der Waals surface area contributed by atoms with Crippen LogP contribution in [-0.4, -0.2) is 92.5 Å². The fraction of sp³-hybridized carbons (Fsp3) is 0.263. The first kappa shape index (κ1) is 26.9. The standard InChI is InChI=1S/C19H17N5O7S3.Li.H/c1-30-23-11(9-7-34-19(20)21-9)14(25)22-12-15(26)24-13(17(27)28)8(5-32-16(12)24)6-33-18(29)10-3-2-4-31-10;;/h2-4,7,12,16H,5-6H2,1H3,(H2,20,21)(H,22,25)(H,27,28);;/b23-11-;;/t12-,16-;;/m1../s1. The number of nitrogen functional groups attached to an aromatic ring is 1. The molecule has 0 aromatic carbocycles. The zero-order chi connectivity index (χ0) is 24.4. The molecular formula is C19H18LiN5O7S3. The molecule has 0 spiro atoms. The molecule has 2 amide bonds. The molecule has 2 aromatic rings. The predicted molar refractivity (Wildman–Crippen MR) is 132 cm³/mol. The number of carboxylic acid groups (broad SMARTS) is 1. The number of hydrogen-bond acceptors (Lipinski definition) is 12. The van der Waals surface area contributed by atoms with Gasteiger partial charge in [0.25, 0.3) is 16.9 Å². The maximum atomic E-state index is 12.8. The van der Waals surface area contributed by atoms with Gasteiger partial charge < -0.3 is 25.4 Å². The average molecular weight is 532 g/mol. The van der Waals surface area contributed by atoms with E-state index >= 15 is 0 Å². The van der Waals surface area contributed by atoms with Gasteiger partial charge in [-0.1, -0.05) is 16.9 Å². The summed E-state index contributed by atoms with van der Waals surface area (Å²) in [6.07, 6.45) is 1.37. The number of hydrogen-bond donors (Lipinski definition) is 3. The van der Waals surface area contributed by atoms with Crippen LogP contribution < -0.4 is 11.1 Å². The van der Waals surface area contributed by atoms with Crippen molar-refractivity contribution >= 4 is 87.5 Å². The van der Waals surface area contributed by atoms with E-state index in [1.54, 1.807) is 6.07 Å². The molecule has 12 nitrogen and oxygen atoms in total. The van der Waals surface area contributed by atoms with Crippen LogP contribution in [-0.2, 0) is 19.2 Å². The summed E-state index contributed by atoms with van der Waals surface area (Å²) in [6.45, 7) is 0. The summed E-state index contributed by atoms with van der Waals surface area (Å²) in [5.74, 6) is -2.08. The molecule has 0 aliphatic carbocycles. The van der Waals surface area contributed by atoms with E-state index in [1.165, 1.54) is 36.6 Å². The van der Waals surface area contributed by atoms with Gasteiger partial charge in [0.05, 0.1) is 6.26 Å². The monoisotopic (exact) mass is 531 g/mol. The van der Waals surface area contributed by atoms with Gasteiger partial charge in [0.2, 0.25) is 0 Å². The van der Waals surface area contributed by atoms with E-state index in [4.69, 9.17) is 15.0 Å². The van der Waals surface area contributed by atoms with Crippen LogP contribution in [0.2, 0.25) is 0 Å². The Labute approximate surface area is 222 Å². The van der Waals surface area contributed by atoms with Crippen LogP contribution in [0.15, 0.2) is 44.6 Å². The number of nitrogens with one attached hydrogen (secondary N) is 1. The molecule has 2 aliphatic rings. The number of β-lactam (4-membered cyclic amide) rings is 1. The quantitative estimate of drug-likeness (QED) is 0.185. The molecule has 1 saturated heterocycles. The van der Waals surface area contributed by atoms with Gasteiger partial charge in [-0.3, -0.25) is 19.3 Å². The van der Waals surface area contributed by atoms with Crippen LogP contribution >= 0.6 is 34.9 Å². The minimum atomic E-state index is -1.29. The molecule has 4 heterocycles. The van der Waals surface area contributed by atoms with Crippen LogP contribution in [0.25, 0.3) is 0 Å². The number of thioether (sulfide) groups is 2. The van der Waals surface area contributed by atoms with E-state index in [1.807, 2.05) is 0 Å². The summed E-state index contributed by atoms with van der Waals surface area (Å²) in [6, 6.07) is 2.13. The second-order valence-corrected chi connectivity index (χ2v) is 9.81. The Bertz CT molecular complexity index is 1210. The molecule has 4 N–H and O–H groups in total. The third-order valence-electron chi connectivity index (χ3n) is 4.80. The summed E-state index contributed by atoms with van der Waals surface area (Å²) in [4.78, 5) is 59.6. The summed E-state index contributed by atoms with van der Waals surface area (Å²) in [7, 11) is 1.26. The third-order valence-corrected chi connectivity index (χ3v) is 7.77. The van der Waals surface area contributed by atoms with Crippen molar-refractivity contribution in [2.75, 3.05) is 24.3 Å². The minimum absolute atomic E-state index is 0. The normalized spacial score (nSPS) is 19.4. The first-order valence-electron chi connectivity index (χ1n) is 9.55. The Morgan fingerprint density at radius 3 is 2.83 bits per heavy atom. The van der Waals surface area contributed by atoms with Gasteiger partial charge >= 0.3 is 24.8 Å². The number of aromatic nitrogens is 1. The van der Waals surface area contributed by atoms with Gasteiger partial charge in [-0.05, 0) is 17.7 Å². The van der Waals surface area contributed by atoms with Crippen molar-refractivity contribution in [1.82, 2.24) is 15.2 Å². The SMILES string of the molecule is CO/N=C(\C(=O)N[C@@H]1C(=O)N2C(C(=O)O)=C(CSC(=O)c3ccco3)CS[C@H]12)c1csc(N)n1.[LiH]. The molecule has 0 saturated carbocycles. The van der Waals surface area contributed by atoms with Gasteiger partial charge in [0.1, 0.15) is 29.9 Å². The number of fused-ring (bicyclic) bond motifs is 1. The molecule has 180 valence electrons. The Balaban J connectivity index is 0.00000342. The zero-order valence-electron chi connectivity index (χ0n) is 17.4. The van der Waals surface area contributed by atoms with Crippen molar-refractivity contribution in [3.63, 3.8) is 0 Å². The summed E-state index contributed by atoms with van der Waals surface area (Å²) >= 11 is 3.29. The summed E-state index contributed by atoms with van der Waals surface area (Å²) < 4.78 is 5.05. The van der Waals surface area contributed by atoms with E-state index in [9.17, 15) is 24.3 Å². The number of thiazole rings is 1. The van der Waals surface area contributed by atoms with Crippen molar-refractivity contribution < 1.29 is 33.5 Å². The van der Waals surface area contributed by atoms with Gasteiger partial charge in [-0.15, -0.1) is 23.1 Å². The number of anilines is 1. The van der Waals surface area contributed by atoms with Crippen molar-refractivity contribution in [3.8, 4) is 0 Å². The second kappa shape index (κ2) is 11.4. The van der Waals surface area contributed by atoms with Crippen LogP contribution in [0, 0.1) is 0 Å². The fourth-order valence-corrected chi connectivity index (χ4v) is 6.14. The van der Waals surface area contributed by atoms with E-state index in [2.05, 4.69) is 15.5 Å². The zero-order valence-corrected chi connectivity index (χ0v) is 19.9. The number of furan rings is 1. The molecule has 2 atom stereocenters. The van der Waals surface area contributed by atoms with Crippen LogP contribution in [0.1, 0.15) is 16.2 Å². The molecule has 35 heavy (non-hydrogen) atoms. The summed E-state index contributed by atoms with van der Waals surface area (Å²) in [5, 5.41) is 16.8. The number of nitrogens with two attached hydrogens (primary N) is 1. The summed E-state index contributed by atoms with van der Waals surface area (Å²) in [5.41, 5.74) is 5.89. The van der Waals surface area contributed by atoms with Gasteiger partial charge in [0.15, 0.2) is 16.6 Å². The van der Waals surface area contributed by atoms with Crippen molar-refractivity contribution in [3.05, 3.63) is 46.5 Å². The molecule has 2 aromatic heterocycles. The van der Waals surface area contributed by atoms with Gasteiger partial charge in [-0.25, -0.2) is 9.78 Å². The average Bonchev–Trinajstić information content (AvgIpc) is 3.50. The van der Waals surface area contributed by atoms with Crippen LogP contribution in [0.5, 0.6) is 0 Å². The van der Waals surface area contributed by atoms with E-state index in [-0.39, 0.29) is 63.5 Å². The molecule has 0 bridgehead atoms. The number of amides is 2. The molecule has 1 fully saturated rings. The van der Waals surface area contributed by atoms with Gasteiger partial charge in [0, 0.05) is 16.9 Å². The molecule has 16 heteroatoms. The van der Waals surface area contributed by atoms with E-state index in [0.717, 1.165) is 28.0 Å². The second-order valence-electron chi connectivity index (χ2n) is 6.87. The number of rotatable bonds is 8. The molecule has 2 aliphatic heterocycles.